The molecule has 26 heavy (non-hydrogen) atoms. The molecule has 0 aliphatic carbocycles. The Morgan fingerprint density at radius 3 is 2.62 bits per heavy atom. The lowest BCUT2D eigenvalue weighted by molar-refractivity contribution is 0.0746. The number of hydrogen-bond donors (Lipinski definition) is 1. The van der Waals surface area contributed by atoms with Gasteiger partial charge in [-0.3, -0.25) is 9.78 Å². The zero-order valence-electron chi connectivity index (χ0n) is 15.3. The molecule has 7 nitrogen and oxygen atoms in total. The maximum Gasteiger partial charge on any atom is 0.255 e. The largest absolute Gasteiger partial charge is 0.384 e. The molecule has 1 aliphatic rings. The summed E-state index contributed by atoms with van der Waals surface area (Å²) in [6, 6.07) is 3.70. The second kappa shape index (κ2) is 9.12. The van der Waals surface area contributed by atoms with Crippen molar-refractivity contribution in [2.75, 3.05) is 42.9 Å². The maximum atomic E-state index is 12.8. The summed E-state index contributed by atoms with van der Waals surface area (Å²) in [6.45, 7) is 5.88. The van der Waals surface area contributed by atoms with Crippen molar-refractivity contribution in [3.8, 4) is 0 Å². The van der Waals surface area contributed by atoms with Crippen LogP contribution in [0.3, 0.4) is 0 Å². The van der Waals surface area contributed by atoms with E-state index in [9.17, 15) is 4.79 Å². The fourth-order valence-electron chi connectivity index (χ4n) is 3.01. The molecule has 0 atom stereocenters. The monoisotopic (exact) mass is 354 g/mol. The van der Waals surface area contributed by atoms with Gasteiger partial charge >= 0.3 is 0 Å². The molecule has 0 unspecified atom stereocenters. The molecule has 1 saturated heterocycles. The summed E-state index contributed by atoms with van der Waals surface area (Å²) in [7, 11) is 0. The average Bonchev–Trinajstić information content (AvgIpc) is 2.72. The van der Waals surface area contributed by atoms with E-state index in [-0.39, 0.29) is 5.91 Å². The van der Waals surface area contributed by atoms with Gasteiger partial charge in [0.1, 0.15) is 0 Å². The van der Waals surface area contributed by atoms with Gasteiger partial charge in [-0.2, -0.15) is 0 Å². The molecule has 1 N–H and O–H groups in total. The SMILES string of the molecule is CCCCCNc1cncc(C(=O)N2CCN(c3ncccn3)CC2)c1. The highest BCUT2D eigenvalue weighted by atomic mass is 16.2. The van der Waals surface area contributed by atoms with E-state index >= 15 is 0 Å². The Labute approximate surface area is 154 Å². The van der Waals surface area contributed by atoms with Crippen molar-refractivity contribution in [2.45, 2.75) is 26.2 Å². The number of unbranched alkanes of at least 4 members (excludes halogenated alkanes) is 2. The van der Waals surface area contributed by atoms with Crippen LogP contribution in [0.25, 0.3) is 0 Å². The summed E-state index contributed by atoms with van der Waals surface area (Å²) < 4.78 is 0. The van der Waals surface area contributed by atoms with Gasteiger partial charge in [-0.05, 0) is 18.6 Å². The van der Waals surface area contributed by atoms with Gasteiger partial charge in [0.15, 0.2) is 0 Å². The van der Waals surface area contributed by atoms with Crippen LogP contribution in [-0.2, 0) is 0 Å². The summed E-state index contributed by atoms with van der Waals surface area (Å²) in [6.07, 6.45) is 10.4. The van der Waals surface area contributed by atoms with E-state index < -0.39 is 0 Å². The average molecular weight is 354 g/mol. The van der Waals surface area contributed by atoms with Crippen molar-refractivity contribution in [1.29, 1.82) is 0 Å². The maximum absolute atomic E-state index is 12.8. The minimum absolute atomic E-state index is 0.0309. The summed E-state index contributed by atoms with van der Waals surface area (Å²) in [5, 5.41) is 3.35. The molecule has 0 spiro atoms. The predicted octanol–water partition coefficient (Wildman–Crippen LogP) is 2.44. The first-order chi connectivity index (χ1) is 12.8. The molecular formula is C19H26N6O. The minimum Gasteiger partial charge on any atom is -0.384 e. The van der Waals surface area contributed by atoms with Crippen molar-refractivity contribution < 1.29 is 4.79 Å². The predicted molar refractivity (Wildman–Crippen MR) is 102 cm³/mol. The number of rotatable bonds is 7. The summed E-state index contributed by atoms with van der Waals surface area (Å²) in [5.74, 6) is 0.753. The van der Waals surface area contributed by atoms with Crippen LogP contribution in [0.5, 0.6) is 0 Å². The Balaban J connectivity index is 1.55. The van der Waals surface area contributed by atoms with Gasteiger partial charge in [-0.25, -0.2) is 9.97 Å². The number of carbonyl (C=O) groups is 1. The summed E-state index contributed by atoms with van der Waals surface area (Å²) in [4.78, 5) is 29.5. The summed E-state index contributed by atoms with van der Waals surface area (Å²) in [5.41, 5.74) is 1.54. The first kappa shape index (κ1) is 18.1. The van der Waals surface area contributed by atoms with Crippen LogP contribution in [0.4, 0.5) is 11.6 Å². The fraction of sp³-hybridized carbons (Fsp3) is 0.474. The van der Waals surface area contributed by atoms with Gasteiger partial charge in [0.25, 0.3) is 5.91 Å². The molecule has 0 aromatic carbocycles. The van der Waals surface area contributed by atoms with Crippen molar-refractivity contribution in [2.24, 2.45) is 0 Å². The van der Waals surface area contributed by atoms with Crippen LogP contribution in [0.15, 0.2) is 36.9 Å². The van der Waals surface area contributed by atoms with E-state index in [1.807, 2.05) is 11.0 Å². The number of pyridine rings is 1. The zero-order valence-corrected chi connectivity index (χ0v) is 15.3. The molecule has 1 amide bonds. The number of aromatic nitrogens is 3. The molecular weight excluding hydrogens is 328 g/mol. The Kier molecular flexibility index (Phi) is 6.35. The smallest absolute Gasteiger partial charge is 0.255 e. The lowest BCUT2D eigenvalue weighted by atomic mass is 10.2. The number of nitrogens with zero attached hydrogens (tertiary/aromatic N) is 5. The Morgan fingerprint density at radius 1 is 1.12 bits per heavy atom. The third kappa shape index (κ3) is 4.68. The lowest BCUT2D eigenvalue weighted by Crippen LogP contribution is -2.49. The van der Waals surface area contributed by atoms with Crippen LogP contribution in [0.1, 0.15) is 36.5 Å². The standard InChI is InChI=1S/C19H26N6O/c1-2-3-4-6-21-17-13-16(14-20-15-17)18(26)24-9-11-25(12-10-24)19-22-7-5-8-23-19/h5,7-8,13-15,21H,2-4,6,9-12H2,1H3. The molecule has 0 saturated carbocycles. The third-order valence-electron chi connectivity index (χ3n) is 4.50. The molecule has 7 heteroatoms. The number of carbonyl (C=O) groups excluding carboxylic acids is 1. The molecule has 3 rings (SSSR count). The number of anilines is 2. The first-order valence-corrected chi connectivity index (χ1v) is 9.28. The van der Waals surface area contributed by atoms with E-state index in [1.165, 1.54) is 12.8 Å². The second-order valence-corrected chi connectivity index (χ2v) is 6.42. The normalized spacial score (nSPS) is 14.3. The van der Waals surface area contributed by atoms with E-state index in [2.05, 4.69) is 32.1 Å². The van der Waals surface area contributed by atoms with Crippen molar-refractivity contribution in [3.05, 3.63) is 42.5 Å². The molecule has 1 aliphatic heterocycles. The highest BCUT2D eigenvalue weighted by Gasteiger charge is 2.23. The third-order valence-corrected chi connectivity index (χ3v) is 4.50. The summed E-state index contributed by atoms with van der Waals surface area (Å²) >= 11 is 0. The molecule has 1 fully saturated rings. The fourth-order valence-corrected chi connectivity index (χ4v) is 3.01. The van der Waals surface area contributed by atoms with Crippen LogP contribution < -0.4 is 10.2 Å². The van der Waals surface area contributed by atoms with Gasteiger partial charge in [-0.15, -0.1) is 0 Å². The van der Waals surface area contributed by atoms with Crippen LogP contribution in [0.2, 0.25) is 0 Å². The number of nitrogens with one attached hydrogen (secondary N) is 1. The van der Waals surface area contributed by atoms with Gasteiger partial charge in [0.05, 0.1) is 11.3 Å². The highest BCUT2D eigenvalue weighted by molar-refractivity contribution is 5.94. The minimum atomic E-state index is 0.0309. The Bertz CT molecular complexity index is 700. The Hall–Kier alpha value is -2.70. The first-order valence-electron chi connectivity index (χ1n) is 9.28. The van der Waals surface area contributed by atoms with Gasteiger partial charge < -0.3 is 15.1 Å². The van der Waals surface area contributed by atoms with E-state index in [4.69, 9.17) is 0 Å². The molecule has 138 valence electrons. The van der Waals surface area contributed by atoms with E-state index in [0.29, 0.717) is 18.7 Å². The van der Waals surface area contributed by atoms with Crippen molar-refractivity contribution in [3.63, 3.8) is 0 Å². The molecule has 3 heterocycles. The molecule has 0 radical (unpaired) electrons. The molecule has 2 aromatic heterocycles. The number of piperazine rings is 1. The lowest BCUT2D eigenvalue weighted by Gasteiger charge is -2.34. The number of hydrogen-bond acceptors (Lipinski definition) is 6. The van der Waals surface area contributed by atoms with Crippen molar-refractivity contribution in [1.82, 2.24) is 19.9 Å². The van der Waals surface area contributed by atoms with Crippen molar-refractivity contribution >= 4 is 17.5 Å². The zero-order chi connectivity index (χ0) is 18.2. The second-order valence-electron chi connectivity index (χ2n) is 6.42. The quantitative estimate of drug-likeness (QED) is 0.770. The van der Waals surface area contributed by atoms with Crippen LogP contribution in [-0.4, -0.2) is 58.5 Å². The Morgan fingerprint density at radius 2 is 1.88 bits per heavy atom. The molecule has 0 bridgehead atoms. The van der Waals surface area contributed by atoms with Crippen LogP contribution >= 0.6 is 0 Å². The highest BCUT2D eigenvalue weighted by Crippen LogP contribution is 2.15. The van der Waals surface area contributed by atoms with Gasteiger partial charge in [-0.1, -0.05) is 19.8 Å². The number of amides is 1. The van der Waals surface area contributed by atoms with E-state index in [1.54, 1.807) is 30.9 Å². The van der Waals surface area contributed by atoms with Gasteiger partial charge in [0, 0.05) is 57.5 Å². The van der Waals surface area contributed by atoms with Crippen LogP contribution in [0, 0.1) is 0 Å². The van der Waals surface area contributed by atoms with Gasteiger partial charge in [0.2, 0.25) is 5.95 Å². The molecule has 2 aromatic rings. The topological polar surface area (TPSA) is 74.2 Å². The van der Waals surface area contributed by atoms with E-state index in [0.717, 1.165) is 37.7 Å².